The first-order chi connectivity index (χ1) is 16.9. The van der Waals surface area contributed by atoms with Crippen molar-refractivity contribution >= 4 is 23.8 Å². The SMILES string of the molecule is CC(C)c1ncc(CN2CCN(C3CCCCC3)C(=O)C2)cn1.O=C(O)CC(O)(CC(=O)O)C(=O)O. The average Bonchev–Trinajstić information content (AvgIpc) is 2.79. The molecule has 12 heteroatoms. The molecule has 1 aliphatic carbocycles. The van der Waals surface area contributed by atoms with E-state index in [2.05, 4.69) is 33.6 Å². The lowest BCUT2D eigenvalue weighted by Crippen LogP contribution is -2.54. The molecule has 0 radical (unpaired) electrons. The first-order valence-electron chi connectivity index (χ1n) is 12.1. The fourth-order valence-corrected chi connectivity index (χ4v) is 4.37. The highest BCUT2D eigenvalue weighted by Gasteiger charge is 2.40. The minimum absolute atomic E-state index is 0.294. The van der Waals surface area contributed by atoms with Crippen LogP contribution in [0, 0.1) is 0 Å². The van der Waals surface area contributed by atoms with Crippen LogP contribution in [0.1, 0.15) is 76.1 Å². The summed E-state index contributed by atoms with van der Waals surface area (Å²) in [6.45, 7) is 7.31. The Bertz CT molecular complexity index is 899. The van der Waals surface area contributed by atoms with Crippen molar-refractivity contribution in [1.82, 2.24) is 19.8 Å². The van der Waals surface area contributed by atoms with Crippen molar-refractivity contribution in [1.29, 1.82) is 0 Å². The summed E-state index contributed by atoms with van der Waals surface area (Å²) in [5.41, 5.74) is -1.65. The predicted molar refractivity (Wildman–Crippen MR) is 127 cm³/mol. The van der Waals surface area contributed by atoms with Gasteiger partial charge in [0.05, 0.1) is 19.4 Å². The number of hydrogen-bond donors (Lipinski definition) is 4. The molecule has 200 valence electrons. The number of aliphatic hydroxyl groups is 1. The third-order valence-corrected chi connectivity index (χ3v) is 6.29. The van der Waals surface area contributed by atoms with E-state index < -0.39 is 36.4 Å². The normalized spacial score (nSPS) is 17.4. The Morgan fingerprint density at radius 1 is 1.00 bits per heavy atom. The number of aliphatic carboxylic acids is 3. The topological polar surface area (TPSA) is 181 Å². The van der Waals surface area contributed by atoms with E-state index in [4.69, 9.17) is 20.4 Å². The van der Waals surface area contributed by atoms with Gasteiger partial charge in [0, 0.05) is 49.6 Å². The van der Waals surface area contributed by atoms with Gasteiger partial charge in [-0.2, -0.15) is 0 Å². The Morgan fingerprint density at radius 2 is 1.56 bits per heavy atom. The monoisotopic (exact) mass is 508 g/mol. The van der Waals surface area contributed by atoms with E-state index in [1.54, 1.807) is 0 Å². The molecule has 0 atom stereocenters. The molecule has 1 aromatic heterocycles. The molecule has 2 aliphatic rings. The van der Waals surface area contributed by atoms with Crippen LogP contribution in [0.15, 0.2) is 12.4 Å². The number of aromatic nitrogens is 2. The van der Waals surface area contributed by atoms with E-state index in [0.29, 0.717) is 24.4 Å². The largest absolute Gasteiger partial charge is 0.481 e. The van der Waals surface area contributed by atoms with Crippen LogP contribution in [-0.4, -0.2) is 95.3 Å². The summed E-state index contributed by atoms with van der Waals surface area (Å²) in [6.07, 6.45) is 7.78. The van der Waals surface area contributed by atoms with E-state index in [1.165, 1.54) is 32.1 Å². The zero-order valence-corrected chi connectivity index (χ0v) is 20.8. The third-order valence-electron chi connectivity index (χ3n) is 6.29. The van der Waals surface area contributed by atoms with Crippen LogP contribution in [0.5, 0.6) is 0 Å². The fraction of sp³-hybridized carbons (Fsp3) is 0.667. The smallest absolute Gasteiger partial charge is 0.336 e. The number of hydrogen-bond acceptors (Lipinski definition) is 8. The lowest BCUT2D eigenvalue weighted by atomic mass is 9.93. The van der Waals surface area contributed by atoms with Gasteiger partial charge in [-0.25, -0.2) is 14.8 Å². The minimum Gasteiger partial charge on any atom is -0.481 e. The van der Waals surface area contributed by atoms with E-state index >= 15 is 0 Å². The maximum absolute atomic E-state index is 12.5. The Balaban J connectivity index is 0.000000302. The first-order valence-corrected chi connectivity index (χ1v) is 12.1. The van der Waals surface area contributed by atoms with Crippen molar-refractivity contribution in [2.75, 3.05) is 19.6 Å². The van der Waals surface area contributed by atoms with Gasteiger partial charge in [-0.05, 0) is 12.8 Å². The summed E-state index contributed by atoms with van der Waals surface area (Å²) >= 11 is 0. The molecule has 2 heterocycles. The molecule has 1 saturated heterocycles. The second-order valence-corrected chi connectivity index (χ2v) is 9.67. The van der Waals surface area contributed by atoms with E-state index in [1.807, 2.05) is 12.4 Å². The quantitative estimate of drug-likeness (QED) is 0.377. The average molecular weight is 509 g/mol. The van der Waals surface area contributed by atoms with Crippen molar-refractivity contribution in [2.24, 2.45) is 0 Å². The molecular weight excluding hydrogens is 472 g/mol. The second kappa shape index (κ2) is 13.3. The molecule has 3 rings (SSSR count). The summed E-state index contributed by atoms with van der Waals surface area (Å²) in [6, 6.07) is 0.493. The Kier molecular flexibility index (Phi) is 10.7. The number of piperazine rings is 1. The van der Waals surface area contributed by atoms with Crippen LogP contribution >= 0.6 is 0 Å². The molecule has 0 aromatic carbocycles. The zero-order chi connectivity index (χ0) is 26.9. The van der Waals surface area contributed by atoms with Crippen LogP contribution < -0.4 is 0 Å². The molecule has 1 aromatic rings. The van der Waals surface area contributed by atoms with E-state index in [9.17, 15) is 19.2 Å². The maximum Gasteiger partial charge on any atom is 0.336 e. The molecule has 1 saturated carbocycles. The second-order valence-electron chi connectivity index (χ2n) is 9.67. The summed E-state index contributed by atoms with van der Waals surface area (Å²) in [5, 5.41) is 33.8. The highest BCUT2D eigenvalue weighted by molar-refractivity contribution is 5.88. The van der Waals surface area contributed by atoms with Crippen molar-refractivity contribution in [3.05, 3.63) is 23.8 Å². The summed E-state index contributed by atoms with van der Waals surface area (Å²) in [7, 11) is 0. The zero-order valence-electron chi connectivity index (χ0n) is 20.8. The number of carbonyl (C=O) groups is 4. The van der Waals surface area contributed by atoms with E-state index in [-0.39, 0.29) is 0 Å². The standard InChI is InChI=1S/C18H28N4O.C6H8O7/c1-14(2)18-19-10-15(11-20-18)12-21-8-9-22(17(23)13-21)16-6-4-3-5-7-16;7-3(8)1-6(13,5(11)12)2-4(9)10/h10-11,14,16H,3-9,12-13H2,1-2H3;13H,1-2H2,(H,7,8)(H,9,10)(H,11,12). The summed E-state index contributed by atoms with van der Waals surface area (Å²) in [5.74, 6) is -3.49. The van der Waals surface area contributed by atoms with Crippen molar-refractivity contribution in [3.8, 4) is 0 Å². The number of carboxylic acids is 3. The fourth-order valence-electron chi connectivity index (χ4n) is 4.37. The summed E-state index contributed by atoms with van der Waals surface area (Å²) < 4.78 is 0. The number of carbonyl (C=O) groups excluding carboxylic acids is 1. The lowest BCUT2D eigenvalue weighted by Gasteiger charge is -2.40. The Hall–Kier alpha value is -3.12. The number of carboxylic acid groups (broad SMARTS) is 3. The van der Waals surface area contributed by atoms with Gasteiger partial charge < -0.3 is 25.3 Å². The van der Waals surface area contributed by atoms with Gasteiger partial charge in [0.1, 0.15) is 5.82 Å². The molecule has 4 N–H and O–H groups in total. The van der Waals surface area contributed by atoms with Crippen molar-refractivity contribution in [3.63, 3.8) is 0 Å². The highest BCUT2D eigenvalue weighted by Crippen LogP contribution is 2.24. The summed E-state index contributed by atoms with van der Waals surface area (Å²) in [4.78, 5) is 56.2. The number of nitrogens with zero attached hydrogens (tertiary/aromatic N) is 4. The van der Waals surface area contributed by atoms with Gasteiger partial charge >= 0.3 is 17.9 Å². The van der Waals surface area contributed by atoms with Crippen molar-refractivity contribution < 1.29 is 39.6 Å². The molecular formula is C24H36N4O8. The molecule has 1 amide bonds. The van der Waals surface area contributed by atoms with Crippen LogP contribution in [-0.2, 0) is 25.7 Å². The first kappa shape index (κ1) is 29.1. The molecule has 1 aliphatic heterocycles. The van der Waals surface area contributed by atoms with Crippen LogP contribution in [0.2, 0.25) is 0 Å². The Labute approximate surface area is 210 Å². The number of amides is 1. The molecule has 36 heavy (non-hydrogen) atoms. The van der Waals surface area contributed by atoms with Crippen LogP contribution in [0.4, 0.5) is 0 Å². The molecule has 0 bridgehead atoms. The third kappa shape index (κ3) is 8.83. The molecule has 12 nitrogen and oxygen atoms in total. The molecule has 2 fully saturated rings. The Morgan fingerprint density at radius 3 is 2.00 bits per heavy atom. The van der Waals surface area contributed by atoms with Crippen molar-refractivity contribution in [2.45, 2.75) is 82.9 Å². The van der Waals surface area contributed by atoms with Gasteiger partial charge in [0.2, 0.25) is 5.91 Å². The van der Waals surface area contributed by atoms with Gasteiger partial charge in [-0.15, -0.1) is 0 Å². The minimum atomic E-state index is -2.74. The molecule has 0 spiro atoms. The van der Waals surface area contributed by atoms with Gasteiger partial charge in [0.15, 0.2) is 5.60 Å². The van der Waals surface area contributed by atoms with E-state index in [0.717, 1.165) is 31.0 Å². The maximum atomic E-state index is 12.5. The molecule has 0 unspecified atom stereocenters. The highest BCUT2D eigenvalue weighted by atomic mass is 16.4. The van der Waals surface area contributed by atoms with Gasteiger partial charge in [0.25, 0.3) is 0 Å². The lowest BCUT2D eigenvalue weighted by molar-refractivity contribution is -0.170. The van der Waals surface area contributed by atoms with Crippen LogP contribution in [0.25, 0.3) is 0 Å². The predicted octanol–water partition coefficient (Wildman–Crippen LogP) is 1.33. The van der Waals surface area contributed by atoms with Crippen LogP contribution in [0.3, 0.4) is 0 Å². The van der Waals surface area contributed by atoms with Gasteiger partial charge in [-0.3, -0.25) is 19.3 Å². The number of rotatable bonds is 9. The van der Waals surface area contributed by atoms with Gasteiger partial charge in [-0.1, -0.05) is 33.1 Å².